The van der Waals surface area contributed by atoms with Crippen LogP contribution in [-0.2, 0) is 4.79 Å². The second-order valence-corrected chi connectivity index (χ2v) is 6.70. The lowest BCUT2D eigenvalue weighted by Crippen LogP contribution is -2.21. The van der Waals surface area contributed by atoms with Crippen LogP contribution < -0.4 is 5.32 Å². The largest absolute Gasteiger partial charge is 0.356 e. The first-order chi connectivity index (χ1) is 12.3. The number of hydrogen-bond acceptors (Lipinski definition) is 1. The maximum absolute atomic E-state index is 11.3. The Morgan fingerprint density at radius 1 is 0.680 bits per heavy atom. The molecular formula is C23H39NO. The number of unbranched alkanes of at least 4 members (excludes halogenated alkanes) is 12. The van der Waals surface area contributed by atoms with Crippen LogP contribution in [0.4, 0.5) is 0 Å². The number of hydrogen-bond donors (Lipinski definition) is 1. The van der Waals surface area contributed by atoms with E-state index >= 15 is 0 Å². The molecule has 0 bridgehead atoms. The van der Waals surface area contributed by atoms with E-state index in [1.165, 1.54) is 51.4 Å². The molecule has 0 aliphatic heterocycles. The molecule has 1 N–H and O–H groups in total. The molecule has 0 aromatic heterocycles. The van der Waals surface area contributed by atoms with Crippen LogP contribution >= 0.6 is 0 Å². The van der Waals surface area contributed by atoms with Crippen molar-refractivity contribution in [3.8, 4) is 23.7 Å². The zero-order chi connectivity index (χ0) is 18.4. The van der Waals surface area contributed by atoms with Crippen LogP contribution in [0.2, 0.25) is 0 Å². The number of amides is 1. The molecule has 1 amide bonds. The molecule has 0 saturated carbocycles. The predicted octanol–water partition coefficient (Wildman–Crippen LogP) is 6.00. The van der Waals surface area contributed by atoms with Crippen molar-refractivity contribution in [1.82, 2.24) is 5.32 Å². The lowest BCUT2D eigenvalue weighted by molar-refractivity contribution is -0.121. The van der Waals surface area contributed by atoms with Crippen LogP contribution in [0.3, 0.4) is 0 Å². The summed E-state index contributed by atoms with van der Waals surface area (Å²) >= 11 is 0. The number of rotatable bonds is 15. The molecule has 0 aromatic rings. The van der Waals surface area contributed by atoms with E-state index in [0.29, 0.717) is 6.42 Å². The Labute approximate surface area is 156 Å². The van der Waals surface area contributed by atoms with Gasteiger partial charge in [0.2, 0.25) is 5.91 Å². The van der Waals surface area contributed by atoms with Crippen molar-refractivity contribution >= 4 is 5.91 Å². The minimum absolute atomic E-state index is 0.175. The van der Waals surface area contributed by atoms with Crippen molar-refractivity contribution in [2.24, 2.45) is 0 Å². The van der Waals surface area contributed by atoms with Gasteiger partial charge in [0, 0.05) is 25.8 Å². The fraction of sp³-hybridized carbons (Fsp3) is 0.783. The molecule has 2 nitrogen and oxygen atoms in total. The summed E-state index contributed by atoms with van der Waals surface area (Å²) in [5.41, 5.74) is 0. The van der Waals surface area contributed by atoms with E-state index in [2.05, 4.69) is 35.9 Å². The van der Waals surface area contributed by atoms with E-state index in [9.17, 15) is 4.79 Å². The van der Waals surface area contributed by atoms with Crippen molar-refractivity contribution < 1.29 is 4.79 Å². The van der Waals surface area contributed by atoms with Gasteiger partial charge in [-0.15, -0.1) is 0 Å². The van der Waals surface area contributed by atoms with Gasteiger partial charge in [0.1, 0.15) is 0 Å². The van der Waals surface area contributed by atoms with E-state index in [4.69, 9.17) is 0 Å². The van der Waals surface area contributed by atoms with Crippen LogP contribution in [-0.4, -0.2) is 12.5 Å². The van der Waals surface area contributed by atoms with Gasteiger partial charge in [-0.3, -0.25) is 4.79 Å². The minimum Gasteiger partial charge on any atom is -0.356 e. The maximum atomic E-state index is 11.3. The first kappa shape index (κ1) is 23.6. The monoisotopic (exact) mass is 345 g/mol. The van der Waals surface area contributed by atoms with Crippen LogP contribution in [0.25, 0.3) is 0 Å². The summed E-state index contributed by atoms with van der Waals surface area (Å²) in [4.78, 5) is 11.3. The molecule has 0 aliphatic rings. The van der Waals surface area contributed by atoms with Gasteiger partial charge in [0.25, 0.3) is 0 Å². The molecule has 0 aliphatic carbocycles. The summed E-state index contributed by atoms with van der Waals surface area (Å²) in [6, 6.07) is 0. The highest BCUT2D eigenvalue weighted by atomic mass is 16.1. The fourth-order valence-electron chi connectivity index (χ4n) is 2.70. The van der Waals surface area contributed by atoms with Crippen molar-refractivity contribution in [3.05, 3.63) is 0 Å². The topological polar surface area (TPSA) is 29.1 Å². The van der Waals surface area contributed by atoms with Gasteiger partial charge < -0.3 is 5.32 Å². The summed E-state index contributed by atoms with van der Waals surface area (Å²) < 4.78 is 0. The molecule has 2 heteroatoms. The SMILES string of the molecule is CCCCCCCCCCC#CC#CCCCCCCC(=O)NCC. The van der Waals surface area contributed by atoms with Crippen LogP contribution in [0.1, 0.15) is 110 Å². The summed E-state index contributed by atoms with van der Waals surface area (Å²) in [7, 11) is 0. The van der Waals surface area contributed by atoms with E-state index in [0.717, 1.165) is 45.1 Å². The van der Waals surface area contributed by atoms with Crippen molar-refractivity contribution in [2.45, 2.75) is 110 Å². The third-order valence-corrected chi connectivity index (χ3v) is 4.22. The molecule has 142 valence electrons. The smallest absolute Gasteiger partial charge is 0.219 e. The molecular weight excluding hydrogens is 306 g/mol. The van der Waals surface area contributed by atoms with E-state index in [1.807, 2.05) is 6.92 Å². The maximum Gasteiger partial charge on any atom is 0.219 e. The number of nitrogens with one attached hydrogen (secondary N) is 1. The molecule has 0 aromatic carbocycles. The Kier molecular flexibility index (Phi) is 19.5. The highest BCUT2D eigenvalue weighted by Gasteiger charge is 1.97. The molecule has 0 radical (unpaired) electrons. The third kappa shape index (κ3) is 20.5. The highest BCUT2D eigenvalue weighted by molar-refractivity contribution is 5.75. The summed E-state index contributed by atoms with van der Waals surface area (Å²) in [5.74, 6) is 12.4. The van der Waals surface area contributed by atoms with Crippen LogP contribution in [0, 0.1) is 23.7 Å². The summed E-state index contributed by atoms with van der Waals surface area (Å²) in [6.45, 7) is 4.95. The second kappa shape index (κ2) is 20.6. The first-order valence-corrected chi connectivity index (χ1v) is 10.5. The molecule has 25 heavy (non-hydrogen) atoms. The zero-order valence-corrected chi connectivity index (χ0v) is 16.7. The third-order valence-electron chi connectivity index (χ3n) is 4.22. The van der Waals surface area contributed by atoms with Gasteiger partial charge in [0.05, 0.1) is 0 Å². The average molecular weight is 346 g/mol. The molecule has 0 atom stereocenters. The van der Waals surface area contributed by atoms with Crippen molar-refractivity contribution in [1.29, 1.82) is 0 Å². The highest BCUT2D eigenvalue weighted by Crippen LogP contribution is 2.09. The van der Waals surface area contributed by atoms with Gasteiger partial charge in [-0.25, -0.2) is 0 Å². The molecule has 0 heterocycles. The lowest BCUT2D eigenvalue weighted by atomic mass is 10.1. The summed E-state index contributed by atoms with van der Waals surface area (Å²) in [6.07, 6.45) is 17.7. The summed E-state index contributed by atoms with van der Waals surface area (Å²) in [5, 5.41) is 2.83. The second-order valence-electron chi connectivity index (χ2n) is 6.70. The van der Waals surface area contributed by atoms with Gasteiger partial charge in [-0.05, 0) is 38.0 Å². The van der Waals surface area contributed by atoms with Crippen LogP contribution in [0.15, 0.2) is 0 Å². The Morgan fingerprint density at radius 2 is 1.16 bits per heavy atom. The van der Waals surface area contributed by atoms with Gasteiger partial charge >= 0.3 is 0 Å². The van der Waals surface area contributed by atoms with Crippen LogP contribution in [0.5, 0.6) is 0 Å². The zero-order valence-electron chi connectivity index (χ0n) is 16.7. The lowest BCUT2D eigenvalue weighted by Gasteiger charge is -2.01. The Hall–Kier alpha value is -1.41. The van der Waals surface area contributed by atoms with Crippen molar-refractivity contribution in [3.63, 3.8) is 0 Å². The predicted molar refractivity (Wildman–Crippen MR) is 109 cm³/mol. The molecule has 0 fully saturated rings. The standard InChI is InChI=1S/C23H39NO/c1-3-5-6-7-8-9-10-11-12-13-14-15-16-17-18-19-20-21-22-23(25)24-4-2/h3-12,17-22H2,1-2H3,(H,24,25). The van der Waals surface area contributed by atoms with E-state index in [1.54, 1.807) is 0 Å². The Bertz CT molecular complexity index is 419. The number of carbonyl (C=O) groups is 1. The Morgan fingerprint density at radius 3 is 1.68 bits per heavy atom. The average Bonchev–Trinajstić information content (AvgIpc) is 2.61. The normalized spacial score (nSPS) is 9.68. The van der Waals surface area contributed by atoms with Gasteiger partial charge in [-0.2, -0.15) is 0 Å². The van der Waals surface area contributed by atoms with E-state index in [-0.39, 0.29) is 5.91 Å². The Balaban J connectivity index is 3.31. The first-order valence-electron chi connectivity index (χ1n) is 10.5. The quantitative estimate of drug-likeness (QED) is 0.286. The molecule has 0 rings (SSSR count). The fourth-order valence-corrected chi connectivity index (χ4v) is 2.70. The molecule has 0 saturated heterocycles. The van der Waals surface area contributed by atoms with Crippen molar-refractivity contribution in [2.75, 3.05) is 6.54 Å². The van der Waals surface area contributed by atoms with E-state index < -0.39 is 0 Å². The molecule has 0 unspecified atom stereocenters. The minimum atomic E-state index is 0.175. The van der Waals surface area contributed by atoms with Gasteiger partial charge in [-0.1, -0.05) is 76.6 Å². The molecule has 0 spiro atoms. The number of carbonyl (C=O) groups excluding carboxylic acids is 1. The van der Waals surface area contributed by atoms with Gasteiger partial charge in [0.15, 0.2) is 0 Å².